The first-order valence-corrected chi connectivity index (χ1v) is 16.0. The number of carbonyl (C=O) groups is 3. The van der Waals surface area contributed by atoms with E-state index in [9.17, 15) is 14.4 Å². The molecule has 1 fully saturated rings. The van der Waals surface area contributed by atoms with Crippen LogP contribution in [0.3, 0.4) is 0 Å². The Morgan fingerprint density at radius 2 is 1.91 bits per heavy atom. The van der Waals surface area contributed by atoms with Crippen LogP contribution in [0.15, 0.2) is 60.0 Å². The predicted molar refractivity (Wildman–Crippen MR) is 181 cm³/mol. The van der Waals surface area contributed by atoms with Gasteiger partial charge in [0, 0.05) is 54.4 Å². The maximum absolute atomic E-state index is 14.3. The van der Waals surface area contributed by atoms with Crippen LogP contribution in [0.5, 0.6) is 0 Å². The summed E-state index contributed by atoms with van der Waals surface area (Å²) in [4.78, 5) is 55.6. The van der Waals surface area contributed by atoms with E-state index in [1.165, 1.54) is 11.6 Å². The Morgan fingerprint density at radius 3 is 2.60 bits per heavy atom. The van der Waals surface area contributed by atoms with E-state index in [1.807, 2.05) is 45.0 Å². The number of hydrogen-bond donors (Lipinski definition) is 1. The van der Waals surface area contributed by atoms with Crippen LogP contribution < -0.4 is 5.32 Å². The van der Waals surface area contributed by atoms with Crippen molar-refractivity contribution in [3.05, 3.63) is 77.1 Å². The van der Waals surface area contributed by atoms with Crippen molar-refractivity contribution in [2.75, 3.05) is 25.6 Å². The van der Waals surface area contributed by atoms with Gasteiger partial charge in [0.25, 0.3) is 0 Å². The summed E-state index contributed by atoms with van der Waals surface area (Å²) in [5, 5.41) is 8.12. The average Bonchev–Trinajstić information content (AvgIpc) is 3.53. The third-order valence-corrected chi connectivity index (χ3v) is 9.09. The second kappa shape index (κ2) is 14.2. The molecule has 1 aliphatic rings. The minimum Gasteiger partial charge on any atom is -0.380 e. The molecule has 5 rings (SSSR count). The number of carbonyl (C=O) groups excluding carboxylic acids is 3. The van der Waals surface area contributed by atoms with E-state index in [-0.39, 0.29) is 42.5 Å². The van der Waals surface area contributed by atoms with Crippen molar-refractivity contribution in [2.24, 2.45) is 5.41 Å². The lowest BCUT2D eigenvalue weighted by Gasteiger charge is -2.33. The van der Waals surface area contributed by atoms with E-state index in [0.717, 1.165) is 11.1 Å². The number of rotatable bonds is 12. The van der Waals surface area contributed by atoms with Crippen molar-refractivity contribution in [1.29, 1.82) is 0 Å². The number of ether oxygens (including phenoxy) is 2. The van der Waals surface area contributed by atoms with Gasteiger partial charge in [0.15, 0.2) is 5.78 Å². The first kappa shape index (κ1) is 34.0. The Bertz CT molecular complexity index is 1830. The summed E-state index contributed by atoms with van der Waals surface area (Å²) < 4.78 is 13.2. The third kappa shape index (κ3) is 7.16. The number of amides is 2. The number of Topliss-reactive ketones (excluding diaryl/α,β-unsaturated/α-hetero) is 1. The fourth-order valence-electron chi connectivity index (χ4n) is 6.02. The molecule has 1 N–H and O–H groups in total. The molecule has 246 valence electrons. The number of aryl methyl sites for hydroxylation is 1. The molecule has 3 atom stereocenters. The van der Waals surface area contributed by atoms with E-state index in [2.05, 4.69) is 47.9 Å². The minimum atomic E-state index is -0.826. The molecule has 0 radical (unpaired) electrons. The van der Waals surface area contributed by atoms with Crippen molar-refractivity contribution in [1.82, 2.24) is 29.6 Å². The van der Waals surface area contributed by atoms with Crippen molar-refractivity contribution >= 4 is 50.2 Å². The molecule has 4 aromatic rings. The van der Waals surface area contributed by atoms with Crippen molar-refractivity contribution in [3.8, 4) is 11.1 Å². The van der Waals surface area contributed by atoms with E-state index >= 15 is 0 Å². The smallest absolute Gasteiger partial charge is 0.248 e. The van der Waals surface area contributed by atoms with Crippen molar-refractivity contribution in [2.45, 2.75) is 59.4 Å². The summed E-state index contributed by atoms with van der Waals surface area (Å²) in [7, 11) is 1.57. The lowest BCUT2D eigenvalue weighted by atomic mass is 9.83. The van der Waals surface area contributed by atoms with Crippen LogP contribution in [0.4, 0.5) is 5.82 Å². The van der Waals surface area contributed by atoms with Gasteiger partial charge in [-0.3, -0.25) is 19.1 Å². The first-order valence-electron chi connectivity index (χ1n) is 15.2. The summed E-state index contributed by atoms with van der Waals surface area (Å²) in [6.07, 6.45) is 5.47. The molecule has 47 heavy (non-hydrogen) atoms. The highest BCUT2D eigenvalue weighted by atomic mass is 79.9. The van der Waals surface area contributed by atoms with Crippen LogP contribution >= 0.6 is 15.9 Å². The Hall–Kier alpha value is -4.33. The van der Waals surface area contributed by atoms with Gasteiger partial charge in [-0.15, -0.1) is 6.58 Å². The van der Waals surface area contributed by atoms with Crippen LogP contribution in [0.25, 0.3) is 22.0 Å². The van der Waals surface area contributed by atoms with Gasteiger partial charge in [0.1, 0.15) is 34.5 Å². The normalized spacial score (nSPS) is 19.2. The number of aromatic nitrogens is 5. The largest absolute Gasteiger partial charge is 0.380 e. The number of nitrogens with zero attached hydrogens (tertiary/aromatic N) is 6. The molecule has 0 unspecified atom stereocenters. The molecular weight excluding hydrogens is 666 g/mol. The third-order valence-electron chi connectivity index (χ3n) is 8.65. The Labute approximate surface area is 281 Å². The van der Waals surface area contributed by atoms with E-state index in [0.29, 0.717) is 52.3 Å². The molecule has 1 aromatic carbocycles. The predicted octanol–water partition coefficient (Wildman–Crippen LogP) is 5.15. The fraction of sp³-hybridized carbons (Fsp3) is 0.382. The number of benzene rings is 1. The van der Waals surface area contributed by atoms with Crippen LogP contribution in [0.2, 0.25) is 0 Å². The van der Waals surface area contributed by atoms with Gasteiger partial charge in [-0.25, -0.2) is 15.0 Å². The van der Waals surface area contributed by atoms with Crippen molar-refractivity contribution in [3.63, 3.8) is 0 Å². The molecular formula is C34H38BrN7O5. The molecule has 1 aliphatic heterocycles. The number of methoxy groups -OCH3 is 1. The van der Waals surface area contributed by atoms with Gasteiger partial charge in [-0.1, -0.05) is 25.1 Å². The highest BCUT2D eigenvalue weighted by Gasteiger charge is 2.51. The van der Waals surface area contributed by atoms with E-state index < -0.39 is 11.5 Å². The number of nitrogens with one attached hydrogen (secondary N) is 1. The Balaban J connectivity index is 1.48. The van der Waals surface area contributed by atoms with Crippen LogP contribution in [0, 0.1) is 12.3 Å². The number of anilines is 1. The maximum atomic E-state index is 14.3. The summed E-state index contributed by atoms with van der Waals surface area (Å²) >= 11 is 3.38. The number of pyridine rings is 1. The molecule has 0 saturated carbocycles. The highest BCUT2D eigenvalue weighted by Crippen LogP contribution is 2.42. The van der Waals surface area contributed by atoms with E-state index in [1.54, 1.807) is 36.5 Å². The molecule has 0 bridgehead atoms. The minimum absolute atomic E-state index is 0.182. The zero-order valence-corrected chi connectivity index (χ0v) is 28.7. The summed E-state index contributed by atoms with van der Waals surface area (Å²) in [5.74, 6) is 0.0768. The number of fused-ring (bicyclic) bond motifs is 1. The van der Waals surface area contributed by atoms with Gasteiger partial charge in [-0.05, 0) is 60.0 Å². The number of hydrogen-bond acceptors (Lipinski definition) is 9. The molecule has 3 aromatic heterocycles. The number of ketones is 1. The lowest BCUT2D eigenvalue weighted by molar-refractivity contribution is -0.139. The zero-order chi connectivity index (χ0) is 33.9. The van der Waals surface area contributed by atoms with E-state index in [4.69, 9.17) is 9.47 Å². The molecule has 13 heteroatoms. The van der Waals surface area contributed by atoms with Gasteiger partial charge < -0.3 is 19.7 Å². The molecule has 12 nitrogen and oxygen atoms in total. The number of likely N-dealkylation sites (tertiary alicyclic amines) is 1. The molecule has 2 amide bonds. The van der Waals surface area contributed by atoms with Gasteiger partial charge in [0.2, 0.25) is 11.8 Å². The monoisotopic (exact) mass is 703 g/mol. The first-order chi connectivity index (χ1) is 22.4. The fourth-order valence-corrected chi connectivity index (χ4v) is 6.32. The van der Waals surface area contributed by atoms with Crippen LogP contribution in [0.1, 0.15) is 49.1 Å². The quantitative estimate of drug-likeness (QED) is 0.0918. The standard InChI is InChI=1S/C34H38BrN7O5/c1-7-12-47-19-34(5)14-28(33(45)39-32-24(18-46-6)9-11-29(35)38-32)42(21(34)3)30(44)17-41-27-10-8-23(25-15-36-22(4)37-16-25)13-26(27)31(40-41)20(2)43/h7-11,13,15-16,21,28H,1,12,14,17-19H2,2-6H3,(H,38,39,45)/t21-,28+,34-/m1/s1. The molecule has 0 aliphatic carbocycles. The zero-order valence-electron chi connectivity index (χ0n) is 27.1. The highest BCUT2D eigenvalue weighted by molar-refractivity contribution is 9.10. The van der Waals surface area contributed by atoms with Gasteiger partial charge in [-0.2, -0.15) is 5.10 Å². The lowest BCUT2D eigenvalue weighted by Crippen LogP contribution is -2.49. The summed E-state index contributed by atoms with van der Waals surface area (Å²) in [5.41, 5.74) is 2.64. The Kier molecular flexibility index (Phi) is 10.3. The van der Waals surface area contributed by atoms with Gasteiger partial charge in [0.05, 0.1) is 25.3 Å². The van der Waals surface area contributed by atoms with Crippen molar-refractivity contribution < 1.29 is 23.9 Å². The summed E-state index contributed by atoms with van der Waals surface area (Å²) in [6.45, 7) is 11.7. The average molecular weight is 705 g/mol. The second-order valence-corrected chi connectivity index (χ2v) is 12.8. The van der Waals surface area contributed by atoms with Crippen LogP contribution in [-0.2, 0) is 32.2 Å². The molecule has 0 spiro atoms. The SMILES string of the molecule is C=CCOC[C@@]1(C)C[C@@H](C(=O)Nc2nc(Br)ccc2COC)N(C(=O)Cn2nc(C(C)=O)c3cc(-c4cnc(C)nc4)ccc32)[C@@H]1C. The summed E-state index contributed by atoms with van der Waals surface area (Å²) in [6, 6.07) is 7.97. The number of halogens is 1. The topological polar surface area (TPSA) is 141 Å². The Morgan fingerprint density at radius 1 is 1.17 bits per heavy atom. The van der Waals surface area contributed by atoms with Gasteiger partial charge >= 0.3 is 0 Å². The van der Waals surface area contributed by atoms with Crippen LogP contribution in [-0.4, -0.2) is 79.6 Å². The second-order valence-electron chi connectivity index (χ2n) is 12.0. The molecule has 4 heterocycles. The molecule has 1 saturated heterocycles. The maximum Gasteiger partial charge on any atom is 0.248 e.